The molecular weight excluding hydrogens is 254 g/mol. The minimum Gasteiger partial charge on any atom is -0.285 e. The van der Waals surface area contributed by atoms with Crippen molar-refractivity contribution in [2.75, 3.05) is 6.54 Å². The average molecular weight is 283 g/mol. The van der Waals surface area contributed by atoms with Crippen LogP contribution in [-0.4, -0.2) is 12.3 Å². The summed E-state index contributed by atoms with van der Waals surface area (Å²) in [6.07, 6.45) is 11.5. The van der Waals surface area contributed by atoms with E-state index in [2.05, 4.69) is 52.5 Å². The number of nitrogens with zero attached hydrogens (tertiary/aromatic N) is 1. The molecule has 0 amide bonds. The highest BCUT2D eigenvalue weighted by molar-refractivity contribution is 6.12. The van der Waals surface area contributed by atoms with Crippen LogP contribution in [0.3, 0.4) is 0 Å². The fraction of sp³-hybridized carbons (Fsp3) is 0.550. The number of aliphatic imine (C=N–C) groups is 1. The van der Waals surface area contributed by atoms with Crippen molar-refractivity contribution in [3.05, 3.63) is 47.1 Å². The monoisotopic (exact) mass is 283 g/mol. The van der Waals surface area contributed by atoms with Crippen molar-refractivity contribution in [1.82, 2.24) is 0 Å². The zero-order valence-electron chi connectivity index (χ0n) is 14.1. The molecule has 0 radical (unpaired) electrons. The lowest BCUT2D eigenvalue weighted by atomic mass is 9.77. The van der Waals surface area contributed by atoms with Crippen molar-refractivity contribution in [3.8, 4) is 0 Å². The Labute approximate surface area is 130 Å². The summed E-state index contributed by atoms with van der Waals surface area (Å²) in [6, 6.07) is 0. The number of hydrogen-bond donors (Lipinski definition) is 0. The van der Waals surface area contributed by atoms with Crippen LogP contribution in [0.25, 0.3) is 0 Å². The molecule has 0 saturated carbocycles. The molecule has 0 aliphatic heterocycles. The molecule has 0 aromatic carbocycles. The molecule has 1 atom stereocenters. The first-order chi connectivity index (χ1) is 10.1. The van der Waals surface area contributed by atoms with Gasteiger partial charge in [0.1, 0.15) is 0 Å². The van der Waals surface area contributed by atoms with Gasteiger partial charge in [-0.2, -0.15) is 0 Å². The second-order valence-electron chi connectivity index (χ2n) is 6.29. The Morgan fingerprint density at radius 2 is 2.10 bits per heavy atom. The van der Waals surface area contributed by atoms with Crippen LogP contribution in [0.5, 0.6) is 0 Å². The Hall–Kier alpha value is -1.37. The molecule has 0 saturated heterocycles. The van der Waals surface area contributed by atoms with E-state index in [1.165, 1.54) is 47.3 Å². The molecule has 114 valence electrons. The lowest BCUT2D eigenvalue weighted by molar-refractivity contribution is 0.506. The van der Waals surface area contributed by atoms with Crippen molar-refractivity contribution in [2.24, 2.45) is 16.8 Å². The Kier molecular flexibility index (Phi) is 5.39. The van der Waals surface area contributed by atoms with Crippen LogP contribution in [0.15, 0.2) is 52.1 Å². The lowest BCUT2D eigenvalue weighted by Gasteiger charge is -2.27. The highest BCUT2D eigenvalue weighted by Crippen LogP contribution is 2.50. The molecule has 0 fully saturated rings. The van der Waals surface area contributed by atoms with Gasteiger partial charge in [0.15, 0.2) is 0 Å². The molecule has 0 heterocycles. The number of allylic oxidation sites excluding steroid dienone is 7. The molecule has 0 aromatic heterocycles. The van der Waals surface area contributed by atoms with Gasteiger partial charge in [-0.1, -0.05) is 57.9 Å². The third-order valence-electron chi connectivity index (χ3n) is 4.78. The van der Waals surface area contributed by atoms with Gasteiger partial charge >= 0.3 is 0 Å². The van der Waals surface area contributed by atoms with E-state index in [1.807, 2.05) is 0 Å². The largest absolute Gasteiger partial charge is 0.285 e. The molecule has 21 heavy (non-hydrogen) atoms. The maximum absolute atomic E-state index is 4.97. The third-order valence-corrected chi connectivity index (χ3v) is 4.78. The van der Waals surface area contributed by atoms with Crippen LogP contribution in [0, 0.1) is 11.8 Å². The minimum atomic E-state index is 0.569. The molecule has 1 unspecified atom stereocenters. The van der Waals surface area contributed by atoms with Gasteiger partial charge in [0, 0.05) is 12.5 Å². The van der Waals surface area contributed by atoms with Gasteiger partial charge < -0.3 is 0 Å². The van der Waals surface area contributed by atoms with Crippen LogP contribution in [0.1, 0.15) is 53.4 Å². The van der Waals surface area contributed by atoms with E-state index in [1.54, 1.807) is 0 Å². The zero-order valence-corrected chi connectivity index (χ0v) is 14.1. The third kappa shape index (κ3) is 3.28. The van der Waals surface area contributed by atoms with Crippen LogP contribution in [0.4, 0.5) is 0 Å². The van der Waals surface area contributed by atoms with Crippen molar-refractivity contribution in [1.29, 1.82) is 0 Å². The zero-order chi connectivity index (χ0) is 15.4. The summed E-state index contributed by atoms with van der Waals surface area (Å²) < 4.78 is 0. The molecule has 3 aliphatic carbocycles. The fourth-order valence-electron chi connectivity index (χ4n) is 3.21. The normalized spacial score (nSPS) is 21.3. The molecule has 3 rings (SSSR count). The number of hydrogen-bond acceptors (Lipinski definition) is 1. The molecule has 2 bridgehead atoms. The SMILES string of the molecule is C=C(C)C1=CC2=C(C(/C=C\CC)=NCC(CC)CC)C1C2. The summed E-state index contributed by atoms with van der Waals surface area (Å²) in [4.78, 5) is 4.97. The van der Waals surface area contributed by atoms with E-state index in [9.17, 15) is 0 Å². The Morgan fingerprint density at radius 1 is 1.38 bits per heavy atom. The summed E-state index contributed by atoms with van der Waals surface area (Å²) >= 11 is 0. The van der Waals surface area contributed by atoms with Crippen LogP contribution >= 0.6 is 0 Å². The second kappa shape index (κ2) is 7.06. The summed E-state index contributed by atoms with van der Waals surface area (Å²) in [6.45, 7) is 13.9. The Bertz CT molecular complexity index is 524. The van der Waals surface area contributed by atoms with Gasteiger partial charge in [0.2, 0.25) is 0 Å². The number of rotatable bonds is 8. The molecule has 0 spiro atoms. The van der Waals surface area contributed by atoms with Crippen molar-refractivity contribution in [3.63, 3.8) is 0 Å². The standard InChI is InChI=1S/C20H29N/c1-6-9-10-19(21-13-15(7-2)8-3)20-16-11-17(14(4)5)18(20)12-16/h9-11,15,18H,4,6-8,12-13H2,1-3,5H3/b10-9-,21-19?. The summed E-state index contributed by atoms with van der Waals surface area (Å²) in [5, 5.41) is 0. The smallest absolute Gasteiger partial charge is 0.0612 e. The predicted molar refractivity (Wildman–Crippen MR) is 93.8 cm³/mol. The van der Waals surface area contributed by atoms with Gasteiger partial charge in [0.05, 0.1) is 5.71 Å². The van der Waals surface area contributed by atoms with E-state index in [0.29, 0.717) is 11.8 Å². The van der Waals surface area contributed by atoms with E-state index in [4.69, 9.17) is 4.99 Å². The Morgan fingerprint density at radius 3 is 2.62 bits per heavy atom. The molecule has 0 aromatic rings. The molecular formula is C20H29N. The summed E-state index contributed by atoms with van der Waals surface area (Å²) in [5.74, 6) is 1.28. The van der Waals surface area contributed by atoms with Crippen molar-refractivity contribution >= 4 is 5.71 Å². The first-order valence-corrected chi connectivity index (χ1v) is 8.44. The highest BCUT2D eigenvalue weighted by atomic mass is 14.8. The molecule has 1 nitrogen and oxygen atoms in total. The van der Waals surface area contributed by atoms with E-state index in [0.717, 1.165) is 13.0 Å². The molecule has 3 aliphatic rings. The van der Waals surface area contributed by atoms with Crippen LogP contribution < -0.4 is 0 Å². The van der Waals surface area contributed by atoms with E-state index in [-0.39, 0.29) is 0 Å². The van der Waals surface area contributed by atoms with Gasteiger partial charge in [-0.25, -0.2) is 0 Å². The summed E-state index contributed by atoms with van der Waals surface area (Å²) in [7, 11) is 0. The Balaban J connectivity index is 2.17. The van der Waals surface area contributed by atoms with Crippen molar-refractivity contribution in [2.45, 2.75) is 53.4 Å². The van der Waals surface area contributed by atoms with Crippen LogP contribution in [-0.2, 0) is 0 Å². The average Bonchev–Trinajstić information content (AvgIpc) is 3.04. The molecule has 1 heteroatoms. The van der Waals surface area contributed by atoms with Crippen LogP contribution in [0.2, 0.25) is 0 Å². The maximum atomic E-state index is 4.97. The van der Waals surface area contributed by atoms with Gasteiger partial charge in [0.25, 0.3) is 0 Å². The van der Waals surface area contributed by atoms with E-state index >= 15 is 0 Å². The van der Waals surface area contributed by atoms with E-state index < -0.39 is 0 Å². The lowest BCUT2D eigenvalue weighted by Crippen LogP contribution is -2.20. The fourth-order valence-corrected chi connectivity index (χ4v) is 3.21. The van der Waals surface area contributed by atoms with Gasteiger partial charge in [-0.05, 0) is 48.5 Å². The first kappa shape index (κ1) is 16.0. The maximum Gasteiger partial charge on any atom is 0.0612 e. The second-order valence-corrected chi connectivity index (χ2v) is 6.29. The van der Waals surface area contributed by atoms with Gasteiger partial charge in [-0.15, -0.1) is 0 Å². The van der Waals surface area contributed by atoms with Gasteiger partial charge in [-0.3, -0.25) is 4.99 Å². The topological polar surface area (TPSA) is 12.4 Å². The summed E-state index contributed by atoms with van der Waals surface area (Å²) in [5.41, 5.74) is 6.83. The van der Waals surface area contributed by atoms with Crippen molar-refractivity contribution < 1.29 is 0 Å². The molecule has 0 N–H and O–H groups in total. The first-order valence-electron chi connectivity index (χ1n) is 8.44. The quantitative estimate of drug-likeness (QED) is 0.509. The minimum absolute atomic E-state index is 0.569. The predicted octanol–water partition coefficient (Wildman–Crippen LogP) is 5.66. The highest BCUT2D eigenvalue weighted by Gasteiger charge is 2.39.